The quantitative estimate of drug-likeness (QED) is 0.195. The molecule has 0 radical (unpaired) electrons. The second-order valence-electron chi connectivity index (χ2n) is 9.78. The summed E-state index contributed by atoms with van der Waals surface area (Å²) in [5.41, 5.74) is 5.62. The minimum atomic E-state index is -0.112. The van der Waals surface area contributed by atoms with E-state index in [9.17, 15) is 0 Å². The van der Waals surface area contributed by atoms with Crippen molar-refractivity contribution < 1.29 is 0 Å². The lowest BCUT2D eigenvalue weighted by molar-refractivity contribution is 0.806. The molecule has 0 bridgehead atoms. The van der Waals surface area contributed by atoms with Crippen LogP contribution in [0.25, 0.3) is 27.6 Å². The molecule has 0 aliphatic heterocycles. The van der Waals surface area contributed by atoms with Gasteiger partial charge < -0.3 is 0 Å². The first-order valence-electron chi connectivity index (χ1n) is 12.2. The van der Waals surface area contributed by atoms with Gasteiger partial charge in [0.15, 0.2) is 5.01 Å². The first kappa shape index (κ1) is 25.8. The second-order valence-corrected chi connectivity index (χ2v) is 12.5. The smallest absolute Gasteiger partial charge is 0.168 e. The molecule has 1 fully saturated rings. The fraction of sp³-hybridized carbons (Fsp3) is 0.207. The van der Waals surface area contributed by atoms with Crippen LogP contribution in [0.15, 0.2) is 66.7 Å². The average Bonchev–Trinajstić information content (AvgIpc) is 3.37. The molecule has 1 aliphatic rings. The van der Waals surface area contributed by atoms with Crippen molar-refractivity contribution in [2.45, 2.75) is 38.0 Å². The number of rotatable bonds is 6. The lowest BCUT2D eigenvalue weighted by Gasteiger charge is -2.13. The first-order chi connectivity index (χ1) is 18.3. The van der Waals surface area contributed by atoms with Gasteiger partial charge in [-0.1, -0.05) is 95.9 Å². The molecule has 3 aromatic carbocycles. The van der Waals surface area contributed by atoms with Crippen molar-refractivity contribution in [3.63, 3.8) is 0 Å². The summed E-state index contributed by atoms with van der Waals surface area (Å²) in [6.07, 6.45) is 2.07. The maximum atomic E-state index is 6.69. The van der Waals surface area contributed by atoms with Crippen molar-refractivity contribution in [2.24, 2.45) is 0 Å². The molecule has 4 nitrogen and oxygen atoms in total. The number of hydrogen-bond acceptors (Lipinski definition) is 4. The maximum absolute atomic E-state index is 6.69. The van der Waals surface area contributed by atoms with Gasteiger partial charge in [-0.2, -0.15) is 5.10 Å². The number of aromatic nitrogens is 4. The average molecular weight is 600 g/mol. The summed E-state index contributed by atoms with van der Waals surface area (Å²) in [5.74, 6) is 0.147. The van der Waals surface area contributed by atoms with Gasteiger partial charge in [-0.15, -0.1) is 10.2 Å². The van der Waals surface area contributed by atoms with E-state index in [1.54, 1.807) is 17.4 Å². The molecule has 192 valence electrons. The summed E-state index contributed by atoms with van der Waals surface area (Å²) in [5, 5.41) is 18.7. The van der Waals surface area contributed by atoms with Crippen LogP contribution >= 0.6 is 57.7 Å². The van der Waals surface area contributed by atoms with Crippen LogP contribution in [0.4, 0.5) is 0 Å². The summed E-state index contributed by atoms with van der Waals surface area (Å²) in [4.78, 5) is 0. The molecule has 9 heteroatoms. The third-order valence-corrected chi connectivity index (χ3v) is 9.11. The topological polar surface area (TPSA) is 43.6 Å². The van der Waals surface area contributed by atoms with E-state index in [0.29, 0.717) is 15.1 Å². The Kier molecular flexibility index (Phi) is 6.78. The monoisotopic (exact) mass is 598 g/mol. The predicted molar refractivity (Wildman–Crippen MR) is 158 cm³/mol. The molecule has 5 aromatic rings. The highest BCUT2D eigenvalue weighted by molar-refractivity contribution is 7.14. The Balaban J connectivity index is 1.53. The van der Waals surface area contributed by atoms with Gasteiger partial charge in [0.05, 0.1) is 16.4 Å². The van der Waals surface area contributed by atoms with Crippen molar-refractivity contribution in [2.75, 3.05) is 0 Å². The van der Waals surface area contributed by atoms with Gasteiger partial charge in [0.2, 0.25) is 0 Å². The van der Waals surface area contributed by atoms with E-state index in [1.807, 2.05) is 53.2 Å². The highest BCUT2D eigenvalue weighted by Crippen LogP contribution is 2.55. The molecular weight excluding hydrogens is 578 g/mol. The largest absolute Gasteiger partial charge is 0.231 e. The molecule has 0 spiro atoms. The highest BCUT2D eigenvalue weighted by Gasteiger charge is 2.49. The number of hydrogen-bond donors (Lipinski definition) is 0. The Morgan fingerprint density at radius 3 is 2.05 bits per heavy atom. The van der Waals surface area contributed by atoms with Gasteiger partial charge in [0.25, 0.3) is 0 Å². The fourth-order valence-electron chi connectivity index (χ4n) is 4.88. The molecule has 1 saturated carbocycles. The minimum Gasteiger partial charge on any atom is -0.231 e. The van der Waals surface area contributed by atoms with E-state index < -0.39 is 0 Å². The van der Waals surface area contributed by atoms with Crippen molar-refractivity contribution >= 4 is 57.7 Å². The van der Waals surface area contributed by atoms with Crippen LogP contribution in [-0.4, -0.2) is 20.0 Å². The van der Waals surface area contributed by atoms with Crippen molar-refractivity contribution in [3.8, 4) is 27.6 Å². The first-order valence-corrected chi connectivity index (χ1v) is 14.5. The number of benzene rings is 3. The standard InChI is InChI=1S/C29H22Cl4N4S/c1-16(2)24-25(27-34-35-28(38-27)29(13-14-29)18-5-9-20(31)10-6-18)36-37(23-12-11-21(32)15-22(23)33)26(24)17-3-7-19(30)8-4-17/h3-12,15-16H,13-14H2,1-2H3. The Labute approximate surface area is 245 Å². The second kappa shape index (κ2) is 9.96. The molecule has 6 rings (SSSR count). The molecule has 2 aromatic heterocycles. The molecule has 1 aliphatic carbocycles. The molecular formula is C29H22Cl4N4S. The van der Waals surface area contributed by atoms with Gasteiger partial charge in [-0.05, 0) is 66.8 Å². The Morgan fingerprint density at radius 1 is 0.816 bits per heavy atom. The summed E-state index contributed by atoms with van der Waals surface area (Å²) in [6, 6.07) is 21.2. The van der Waals surface area contributed by atoms with Crippen molar-refractivity contribution in [1.29, 1.82) is 0 Å². The van der Waals surface area contributed by atoms with Gasteiger partial charge in [0, 0.05) is 31.6 Å². The van der Waals surface area contributed by atoms with Crippen molar-refractivity contribution in [3.05, 3.63) is 103 Å². The van der Waals surface area contributed by atoms with Crippen LogP contribution in [0.1, 0.15) is 48.7 Å². The zero-order chi connectivity index (χ0) is 26.6. The lowest BCUT2D eigenvalue weighted by Crippen LogP contribution is -2.07. The highest BCUT2D eigenvalue weighted by atomic mass is 35.5. The van der Waals surface area contributed by atoms with E-state index in [2.05, 4.69) is 36.2 Å². The molecule has 0 amide bonds. The van der Waals surface area contributed by atoms with Gasteiger partial charge in [-0.3, -0.25) is 0 Å². The fourth-order valence-corrected chi connectivity index (χ4v) is 6.73. The molecule has 0 N–H and O–H groups in total. The normalized spacial score (nSPS) is 14.3. The molecule has 0 atom stereocenters. The van der Waals surface area contributed by atoms with Crippen molar-refractivity contribution in [1.82, 2.24) is 20.0 Å². The SMILES string of the molecule is CC(C)c1c(-c2nnc(C3(c4ccc(Cl)cc4)CC3)s2)nn(-c2ccc(Cl)cc2Cl)c1-c1ccc(Cl)cc1. The summed E-state index contributed by atoms with van der Waals surface area (Å²) >= 11 is 26.9. The molecule has 38 heavy (non-hydrogen) atoms. The zero-order valence-corrected chi connectivity index (χ0v) is 24.4. The van der Waals surface area contributed by atoms with Gasteiger partial charge >= 0.3 is 0 Å². The molecule has 2 heterocycles. The van der Waals surface area contributed by atoms with Gasteiger partial charge in [-0.25, -0.2) is 4.68 Å². The van der Waals surface area contributed by atoms with Crippen LogP contribution in [-0.2, 0) is 5.41 Å². The number of nitrogens with zero attached hydrogens (tertiary/aromatic N) is 4. The summed E-state index contributed by atoms with van der Waals surface area (Å²) in [6.45, 7) is 4.32. The maximum Gasteiger partial charge on any atom is 0.168 e. The van der Waals surface area contributed by atoms with E-state index >= 15 is 0 Å². The van der Waals surface area contributed by atoms with E-state index in [1.165, 1.54) is 5.56 Å². The minimum absolute atomic E-state index is 0.112. The molecule has 0 unspecified atom stereocenters. The van der Waals surface area contributed by atoms with Crippen LogP contribution < -0.4 is 0 Å². The van der Waals surface area contributed by atoms with Gasteiger partial charge in [0.1, 0.15) is 10.7 Å². The van der Waals surface area contributed by atoms with Crippen LogP contribution in [0, 0.1) is 0 Å². The Bertz CT molecular complexity index is 1630. The Morgan fingerprint density at radius 2 is 1.45 bits per heavy atom. The Hall–Kier alpha value is -2.41. The predicted octanol–water partition coefficient (Wildman–Crippen LogP) is 9.87. The van der Waals surface area contributed by atoms with E-state index in [4.69, 9.17) is 51.5 Å². The molecule has 0 saturated heterocycles. The van der Waals surface area contributed by atoms with Crippen LogP contribution in [0.2, 0.25) is 20.1 Å². The third-order valence-electron chi connectivity index (χ3n) is 6.94. The van der Waals surface area contributed by atoms with Crippen LogP contribution in [0.3, 0.4) is 0 Å². The lowest BCUT2D eigenvalue weighted by atomic mass is 9.96. The summed E-state index contributed by atoms with van der Waals surface area (Å²) in [7, 11) is 0. The number of halogens is 4. The van der Waals surface area contributed by atoms with Crippen LogP contribution in [0.5, 0.6) is 0 Å². The zero-order valence-electron chi connectivity index (χ0n) is 20.6. The summed E-state index contributed by atoms with van der Waals surface area (Å²) < 4.78 is 1.89. The third kappa shape index (κ3) is 4.55. The van der Waals surface area contributed by atoms with E-state index in [-0.39, 0.29) is 11.3 Å². The van der Waals surface area contributed by atoms with E-state index in [0.717, 1.165) is 56.1 Å².